The molecule has 6 heteroatoms. The summed E-state index contributed by atoms with van der Waals surface area (Å²) in [7, 11) is 0. The molecule has 1 heterocycles. The molecule has 2 rings (SSSR count). The molecule has 0 aromatic heterocycles. The Morgan fingerprint density at radius 1 is 1.30 bits per heavy atom. The number of benzene rings is 1. The molecule has 1 fully saturated rings. The van der Waals surface area contributed by atoms with Gasteiger partial charge >= 0.3 is 5.97 Å². The van der Waals surface area contributed by atoms with Crippen LogP contribution in [0.4, 0.5) is 0 Å². The summed E-state index contributed by atoms with van der Waals surface area (Å²) in [4.78, 5) is 36.8. The second-order valence-electron chi connectivity index (χ2n) is 6.02. The van der Waals surface area contributed by atoms with Crippen molar-refractivity contribution in [3.8, 4) is 0 Å². The Labute approximate surface area is 135 Å². The van der Waals surface area contributed by atoms with E-state index in [0.29, 0.717) is 6.54 Å². The molecule has 6 nitrogen and oxygen atoms in total. The minimum absolute atomic E-state index is 0.0104. The third kappa shape index (κ3) is 4.31. The number of hydrogen-bond donors (Lipinski definition) is 1. The molecule has 1 saturated heterocycles. The summed E-state index contributed by atoms with van der Waals surface area (Å²) in [5.41, 5.74) is 0.897. The van der Waals surface area contributed by atoms with Crippen molar-refractivity contribution in [3.63, 3.8) is 0 Å². The van der Waals surface area contributed by atoms with Gasteiger partial charge in [0.15, 0.2) is 6.23 Å². The molecule has 0 radical (unpaired) electrons. The highest BCUT2D eigenvalue weighted by molar-refractivity contribution is 5.93. The number of amides is 2. The predicted octanol–water partition coefficient (Wildman–Crippen LogP) is 1.10. The van der Waals surface area contributed by atoms with Gasteiger partial charge in [0, 0.05) is 12.8 Å². The van der Waals surface area contributed by atoms with E-state index in [1.807, 2.05) is 44.2 Å². The zero-order chi connectivity index (χ0) is 17.0. The number of carbonyl (C=O) groups excluding carboxylic acids is 3. The van der Waals surface area contributed by atoms with Crippen molar-refractivity contribution in [1.82, 2.24) is 10.2 Å². The third-order valence-corrected chi connectivity index (χ3v) is 3.67. The van der Waals surface area contributed by atoms with Gasteiger partial charge in [-0.1, -0.05) is 44.2 Å². The molecule has 1 aromatic carbocycles. The molecule has 2 amide bonds. The Hall–Kier alpha value is -2.37. The van der Waals surface area contributed by atoms with E-state index in [2.05, 4.69) is 5.32 Å². The Bertz CT molecular complexity index is 586. The molecule has 2 atom stereocenters. The maximum Gasteiger partial charge on any atom is 0.304 e. The first kappa shape index (κ1) is 17.0. The topological polar surface area (TPSA) is 75.7 Å². The van der Waals surface area contributed by atoms with Gasteiger partial charge in [0.25, 0.3) is 0 Å². The summed E-state index contributed by atoms with van der Waals surface area (Å²) in [5.74, 6) is -0.842. The molecule has 0 aliphatic carbocycles. The van der Waals surface area contributed by atoms with Gasteiger partial charge in [-0.05, 0) is 5.56 Å². The molecule has 2 unspecified atom stereocenters. The first-order valence-corrected chi connectivity index (χ1v) is 7.69. The second kappa shape index (κ2) is 7.26. The number of rotatable bonds is 6. The summed E-state index contributed by atoms with van der Waals surface area (Å²) in [6, 6.07) is 8.81. The zero-order valence-corrected chi connectivity index (χ0v) is 13.6. The molecule has 0 bridgehead atoms. The van der Waals surface area contributed by atoms with Gasteiger partial charge in [-0.25, -0.2) is 0 Å². The number of ether oxygens (including phenoxy) is 1. The summed E-state index contributed by atoms with van der Waals surface area (Å²) in [6.45, 7) is 5.43. The summed E-state index contributed by atoms with van der Waals surface area (Å²) < 4.78 is 5.19. The van der Waals surface area contributed by atoms with Crippen molar-refractivity contribution in [3.05, 3.63) is 35.9 Å². The van der Waals surface area contributed by atoms with E-state index >= 15 is 0 Å². The Morgan fingerprint density at radius 3 is 2.48 bits per heavy atom. The van der Waals surface area contributed by atoms with Crippen LogP contribution in [0.25, 0.3) is 0 Å². The van der Waals surface area contributed by atoms with Crippen molar-refractivity contribution in [2.45, 2.75) is 39.5 Å². The van der Waals surface area contributed by atoms with E-state index < -0.39 is 18.2 Å². The molecule has 1 N–H and O–H groups in total. The number of esters is 1. The van der Waals surface area contributed by atoms with Crippen LogP contribution in [-0.4, -0.2) is 41.5 Å². The first-order chi connectivity index (χ1) is 10.9. The minimum atomic E-state index is -0.581. The molecular formula is C17H22N2O4. The molecule has 23 heavy (non-hydrogen) atoms. The maximum absolute atomic E-state index is 12.2. The van der Waals surface area contributed by atoms with Crippen molar-refractivity contribution in [2.24, 2.45) is 5.92 Å². The van der Waals surface area contributed by atoms with Gasteiger partial charge < -0.3 is 15.0 Å². The fraction of sp³-hybridized carbons (Fsp3) is 0.471. The molecule has 1 aliphatic rings. The zero-order valence-electron chi connectivity index (χ0n) is 13.6. The van der Waals surface area contributed by atoms with E-state index in [9.17, 15) is 14.4 Å². The van der Waals surface area contributed by atoms with Crippen molar-refractivity contribution in [1.29, 1.82) is 0 Å². The number of hydrogen-bond acceptors (Lipinski definition) is 4. The first-order valence-electron chi connectivity index (χ1n) is 7.69. The van der Waals surface area contributed by atoms with Gasteiger partial charge in [-0.3, -0.25) is 14.4 Å². The van der Waals surface area contributed by atoms with E-state index in [-0.39, 0.29) is 24.2 Å². The van der Waals surface area contributed by atoms with Crippen LogP contribution in [0.2, 0.25) is 0 Å². The standard InChI is InChI=1S/C17H22N2O4/c1-11(2)17(23-12(3)20)19-10-14(16(19)22)18-15(21)9-13-7-5-4-6-8-13/h4-8,11,14,17H,9-10H2,1-3H3,(H,18,21). The fourth-order valence-electron chi connectivity index (χ4n) is 2.55. The van der Waals surface area contributed by atoms with Gasteiger partial charge in [-0.15, -0.1) is 0 Å². The van der Waals surface area contributed by atoms with Crippen LogP contribution < -0.4 is 5.32 Å². The quantitative estimate of drug-likeness (QED) is 0.629. The normalized spacial score (nSPS) is 18.3. The van der Waals surface area contributed by atoms with E-state index in [4.69, 9.17) is 4.74 Å². The van der Waals surface area contributed by atoms with Gasteiger partial charge in [0.1, 0.15) is 6.04 Å². The van der Waals surface area contributed by atoms with Gasteiger partial charge in [-0.2, -0.15) is 0 Å². The number of likely N-dealkylation sites (tertiary alicyclic amines) is 1. The van der Waals surface area contributed by atoms with E-state index in [1.165, 1.54) is 11.8 Å². The second-order valence-corrected chi connectivity index (χ2v) is 6.02. The van der Waals surface area contributed by atoms with Crippen molar-refractivity contribution < 1.29 is 19.1 Å². The Kier molecular flexibility index (Phi) is 5.36. The summed E-state index contributed by atoms with van der Waals surface area (Å²) in [6.07, 6.45) is -0.343. The van der Waals surface area contributed by atoms with Crippen molar-refractivity contribution in [2.75, 3.05) is 6.54 Å². The predicted molar refractivity (Wildman–Crippen MR) is 84.2 cm³/mol. The van der Waals surface area contributed by atoms with Crippen LogP contribution in [0.1, 0.15) is 26.3 Å². The monoisotopic (exact) mass is 318 g/mol. The Balaban J connectivity index is 1.87. The van der Waals surface area contributed by atoms with Crippen LogP contribution in [0, 0.1) is 5.92 Å². The lowest BCUT2D eigenvalue weighted by Crippen LogP contribution is -2.68. The van der Waals surface area contributed by atoms with Crippen LogP contribution in [0.15, 0.2) is 30.3 Å². The van der Waals surface area contributed by atoms with Crippen LogP contribution in [-0.2, 0) is 25.5 Å². The average Bonchev–Trinajstić information content (AvgIpc) is 2.49. The molecule has 1 aromatic rings. The van der Waals surface area contributed by atoms with Crippen molar-refractivity contribution >= 4 is 17.8 Å². The highest BCUT2D eigenvalue weighted by Gasteiger charge is 2.43. The Morgan fingerprint density at radius 2 is 1.96 bits per heavy atom. The highest BCUT2D eigenvalue weighted by Crippen LogP contribution is 2.21. The number of nitrogens with one attached hydrogen (secondary N) is 1. The number of nitrogens with zero attached hydrogens (tertiary/aromatic N) is 1. The van der Waals surface area contributed by atoms with Crippen LogP contribution >= 0.6 is 0 Å². The van der Waals surface area contributed by atoms with E-state index in [0.717, 1.165) is 5.56 Å². The third-order valence-electron chi connectivity index (χ3n) is 3.67. The highest BCUT2D eigenvalue weighted by atomic mass is 16.6. The largest absolute Gasteiger partial charge is 0.441 e. The lowest BCUT2D eigenvalue weighted by molar-refractivity contribution is -0.180. The molecule has 124 valence electrons. The van der Waals surface area contributed by atoms with Crippen LogP contribution in [0.3, 0.4) is 0 Å². The molecule has 0 spiro atoms. The molecule has 0 saturated carbocycles. The summed E-state index contributed by atoms with van der Waals surface area (Å²) in [5, 5.41) is 2.72. The van der Waals surface area contributed by atoms with Gasteiger partial charge in [0.2, 0.25) is 11.8 Å². The smallest absolute Gasteiger partial charge is 0.304 e. The van der Waals surface area contributed by atoms with E-state index in [1.54, 1.807) is 0 Å². The van der Waals surface area contributed by atoms with Crippen LogP contribution in [0.5, 0.6) is 0 Å². The maximum atomic E-state index is 12.2. The summed E-state index contributed by atoms with van der Waals surface area (Å²) >= 11 is 0. The minimum Gasteiger partial charge on any atom is -0.441 e. The molecular weight excluding hydrogens is 296 g/mol. The lowest BCUT2D eigenvalue weighted by atomic mass is 10.0. The number of β-lactam (4-membered cyclic amide) rings is 1. The SMILES string of the molecule is CC(=O)OC(C(C)C)N1CC(NC(=O)Cc2ccccc2)C1=O. The average molecular weight is 318 g/mol. The fourth-order valence-corrected chi connectivity index (χ4v) is 2.55. The van der Waals surface area contributed by atoms with Gasteiger partial charge in [0.05, 0.1) is 13.0 Å². The molecule has 1 aliphatic heterocycles. The lowest BCUT2D eigenvalue weighted by Gasteiger charge is -2.44. The number of carbonyl (C=O) groups is 3.